The molecule has 0 atom stereocenters. The van der Waals surface area contributed by atoms with E-state index >= 15 is 0 Å². The molecule has 2 aromatic carbocycles. The normalized spacial score (nSPS) is 14.5. The summed E-state index contributed by atoms with van der Waals surface area (Å²) in [5.74, 6) is -0.164. The molecule has 1 saturated heterocycles. The zero-order valence-corrected chi connectivity index (χ0v) is 15.0. The van der Waals surface area contributed by atoms with Crippen molar-refractivity contribution in [3.63, 3.8) is 0 Å². The van der Waals surface area contributed by atoms with Gasteiger partial charge in [-0.2, -0.15) is 5.26 Å². The lowest BCUT2D eigenvalue weighted by Gasteiger charge is -2.27. The van der Waals surface area contributed by atoms with Gasteiger partial charge in [-0.15, -0.1) is 0 Å². The molecule has 0 aliphatic carbocycles. The van der Waals surface area contributed by atoms with Gasteiger partial charge in [0.1, 0.15) is 0 Å². The number of hydrogen-bond acceptors (Lipinski definition) is 4. The second kappa shape index (κ2) is 7.58. The molecule has 2 aromatic rings. The third kappa shape index (κ3) is 3.86. The first kappa shape index (κ1) is 18.0. The Labute approximate surface area is 153 Å². The van der Waals surface area contributed by atoms with Gasteiger partial charge in [0.25, 0.3) is 15.9 Å². The zero-order chi connectivity index (χ0) is 18.6. The van der Waals surface area contributed by atoms with Crippen molar-refractivity contribution in [1.82, 2.24) is 4.90 Å². The van der Waals surface area contributed by atoms with Gasteiger partial charge in [-0.3, -0.25) is 9.52 Å². The molecule has 0 aromatic heterocycles. The minimum absolute atomic E-state index is 0.0386. The van der Waals surface area contributed by atoms with Crippen molar-refractivity contribution in [2.45, 2.75) is 24.2 Å². The summed E-state index contributed by atoms with van der Waals surface area (Å²) in [4.78, 5) is 14.6. The van der Waals surface area contributed by atoms with E-state index in [1.165, 1.54) is 24.3 Å². The predicted molar refractivity (Wildman–Crippen MR) is 98.2 cm³/mol. The van der Waals surface area contributed by atoms with Gasteiger partial charge in [-0.1, -0.05) is 12.1 Å². The number of anilines is 1. The number of para-hydroxylation sites is 1. The molecule has 26 heavy (non-hydrogen) atoms. The standard InChI is InChI=1S/C19H19N3O3S/c20-14-15-8-10-16(11-9-15)26(24,25)21-18-7-3-2-6-17(18)19(23)22-12-4-1-5-13-22/h2-3,6-11,21H,1,4-5,12-13H2. The topological polar surface area (TPSA) is 90.3 Å². The monoisotopic (exact) mass is 369 g/mol. The van der Waals surface area contributed by atoms with Gasteiger partial charge in [-0.25, -0.2) is 8.42 Å². The van der Waals surface area contributed by atoms with Crippen LogP contribution in [0.25, 0.3) is 0 Å². The maximum atomic E-state index is 12.8. The zero-order valence-electron chi connectivity index (χ0n) is 14.2. The quantitative estimate of drug-likeness (QED) is 0.897. The fourth-order valence-corrected chi connectivity index (χ4v) is 4.02. The smallest absolute Gasteiger partial charge is 0.261 e. The molecule has 0 unspecified atom stereocenters. The summed E-state index contributed by atoms with van der Waals surface area (Å²) in [7, 11) is -3.86. The Bertz CT molecular complexity index is 941. The summed E-state index contributed by atoms with van der Waals surface area (Å²) in [5.41, 5.74) is 0.976. The minimum atomic E-state index is -3.86. The second-order valence-electron chi connectivity index (χ2n) is 6.14. The lowest BCUT2D eigenvalue weighted by Crippen LogP contribution is -2.36. The molecule has 1 aliphatic rings. The number of carbonyl (C=O) groups excluding carboxylic acids is 1. The first-order chi connectivity index (χ1) is 12.5. The number of benzene rings is 2. The Hall–Kier alpha value is -2.85. The van der Waals surface area contributed by atoms with E-state index < -0.39 is 10.0 Å². The van der Waals surface area contributed by atoms with Crippen LogP contribution in [0.4, 0.5) is 5.69 Å². The summed E-state index contributed by atoms with van der Waals surface area (Å²) < 4.78 is 27.8. The van der Waals surface area contributed by atoms with E-state index in [9.17, 15) is 13.2 Å². The molecule has 1 aliphatic heterocycles. The van der Waals surface area contributed by atoms with Crippen molar-refractivity contribution in [2.75, 3.05) is 17.8 Å². The van der Waals surface area contributed by atoms with E-state index in [0.29, 0.717) is 24.2 Å². The number of carbonyl (C=O) groups is 1. The lowest BCUT2D eigenvalue weighted by atomic mass is 10.1. The SMILES string of the molecule is N#Cc1ccc(S(=O)(=O)Nc2ccccc2C(=O)N2CCCCC2)cc1. The van der Waals surface area contributed by atoms with E-state index in [1.54, 1.807) is 29.2 Å². The van der Waals surface area contributed by atoms with Crippen LogP contribution in [0.3, 0.4) is 0 Å². The van der Waals surface area contributed by atoms with Gasteiger partial charge in [0.15, 0.2) is 0 Å². The maximum Gasteiger partial charge on any atom is 0.261 e. The van der Waals surface area contributed by atoms with Crippen LogP contribution < -0.4 is 4.72 Å². The van der Waals surface area contributed by atoms with Gasteiger partial charge in [0.2, 0.25) is 0 Å². The number of nitrogens with one attached hydrogen (secondary N) is 1. The molecule has 7 heteroatoms. The summed E-state index contributed by atoms with van der Waals surface area (Å²) in [6.07, 6.45) is 3.03. The highest BCUT2D eigenvalue weighted by Gasteiger charge is 2.23. The Balaban J connectivity index is 1.87. The molecule has 1 heterocycles. The number of rotatable bonds is 4. The van der Waals surface area contributed by atoms with E-state index in [4.69, 9.17) is 5.26 Å². The summed E-state index contributed by atoms with van der Waals surface area (Å²) in [6.45, 7) is 1.38. The van der Waals surface area contributed by atoms with Crippen LogP contribution in [-0.2, 0) is 10.0 Å². The van der Waals surface area contributed by atoms with Crippen LogP contribution in [0.2, 0.25) is 0 Å². The Morgan fingerprint density at radius 1 is 1.00 bits per heavy atom. The summed E-state index contributed by atoms with van der Waals surface area (Å²) in [6, 6.07) is 14.2. The number of hydrogen-bond donors (Lipinski definition) is 1. The molecule has 0 spiro atoms. The first-order valence-corrected chi connectivity index (χ1v) is 9.91. The minimum Gasteiger partial charge on any atom is -0.339 e. The van der Waals surface area contributed by atoms with Crippen molar-refractivity contribution >= 4 is 21.6 Å². The number of nitrogens with zero attached hydrogens (tertiary/aromatic N) is 2. The fraction of sp³-hybridized carbons (Fsp3) is 0.263. The van der Waals surface area contributed by atoms with E-state index in [0.717, 1.165) is 19.3 Å². The third-order valence-corrected chi connectivity index (χ3v) is 5.72. The molecule has 1 fully saturated rings. The first-order valence-electron chi connectivity index (χ1n) is 8.42. The second-order valence-corrected chi connectivity index (χ2v) is 7.82. The van der Waals surface area contributed by atoms with Crippen LogP contribution in [-0.4, -0.2) is 32.3 Å². The molecule has 0 saturated carbocycles. The lowest BCUT2D eigenvalue weighted by molar-refractivity contribution is 0.0725. The van der Waals surface area contributed by atoms with E-state index in [-0.39, 0.29) is 16.5 Å². The van der Waals surface area contributed by atoms with Crippen molar-refractivity contribution in [3.8, 4) is 6.07 Å². The molecule has 0 radical (unpaired) electrons. The number of nitriles is 1. The number of sulfonamides is 1. The Morgan fingerprint density at radius 3 is 2.31 bits per heavy atom. The van der Waals surface area contributed by atoms with Crippen LogP contribution in [0.1, 0.15) is 35.2 Å². The van der Waals surface area contributed by atoms with Crippen LogP contribution in [0, 0.1) is 11.3 Å². The number of amides is 1. The van der Waals surface area contributed by atoms with Gasteiger partial charge in [0.05, 0.1) is 27.8 Å². The fourth-order valence-electron chi connectivity index (χ4n) is 2.94. The Morgan fingerprint density at radius 2 is 1.65 bits per heavy atom. The van der Waals surface area contributed by atoms with Crippen LogP contribution >= 0.6 is 0 Å². The Kier molecular flexibility index (Phi) is 5.24. The molecule has 1 amide bonds. The van der Waals surface area contributed by atoms with Crippen molar-refractivity contribution in [2.24, 2.45) is 0 Å². The highest BCUT2D eigenvalue weighted by atomic mass is 32.2. The average molecular weight is 369 g/mol. The molecule has 0 bridgehead atoms. The highest BCUT2D eigenvalue weighted by molar-refractivity contribution is 7.92. The maximum absolute atomic E-state index is 12.8. The largest absolute Gasteiger partial charge is 0.339 e. The third-order valence-electron chi connectivity index (χ3n) is 4.34. The van der Waals surface area contributed by atoms with Gasteiger partial charge >= 0.3 is 0 Å². The van der Waals surface area contributed by atoms with E-state index in [2.05, 4.69) is 4.72 Å². The molecule has 6 nitrogen and oxygen atoms in total. The molecule has 3 rings (SSSR count). The number of likely N-dealkylation sites (tertiary alicyclic amines) is 1. The molecule has 134 valence electrons. The highest BCUT2D eigenvalue weighted by Crippen LogP contribution is 2.23. The van der Waals surface area contributed by atoms with Crippen molar-refractivity contribution in [3.05, 3.63) is 59.7 Å². The number of piperidine rings is 1. The van der Waals surface area contributed by atoms with Gasteiger partial charge < -0.3 is 4.90 Å². The summed E-state index contributed by atoms with van der Waals surface area (Å²) in [5, 5.41) is 8.83. The summed E-state index contributed by atoms with van der Waals surface area (Å²) >= 11 is 0. The van der Waals surface area contributed by atoms with Crippen LogP contribution in [0.5, 0.6) is 0 Å². The van der Waals surface area contributed by atoms with Gasteiger partial charge in [0, 0.05) is 13.1 Å². The van der Waals surface area contributed by atoms with E-state index in [1.807, 2.05) is 6.07 Å². The van der Waals surface area contributed by atoms with Crippen molar-refractivity contribution in [1.29, 1.82) is 5.26 Å². The average Bonchev–Trinajstić information content (AvgIpc) is 2.68. The molecular formula is C19H19N3O3S. The van der Waals surface area contributed by atoms with Crippen LogP contribution in [0.15, 0.2) is 53.4 Å². The van der Waals surface area contributed by atoms with Gasteiger partial charge in [-0.05, 0) is 55.7 Å². The molecule has 1 N–H and O–H groups in total. The molecular weight excluding hydrogens is 350 g/mol. The van der Waals surface area contributed by atoms with Crippen molar-refractivity contribution < 1.29 is 13.2 Å². The predicted octanol–water partition coefficient (Wildman–Crippen LogP) is 2.99.